The summed E-state index contributed by atoms with van der Waals surface area (Å²) in [4.78, 5) is 22.2. The topological polar surface area (TPSA) is 52.6 Å². The minimum Gasteiger partial charge on any atom is -0.462 e. The third-order valence-electron chi connectivity index (χ3n) is 2.13. The van der Waals surface area contributed by atoms with Crippen molar-refractivity contribution in [3.8, 4) is 0 Å². The van der Waals surface area contributed by atoms with Gasteiger partial charge in [-0.25, -0.2) is 0 Å². The van der Waals surface area contributed by atoms with Gasteiger partial charge >= 0.3 is 5.97 Å². The number of esters is 1. The Kier molecular flexibility index (Phi) is 6.96. The summed E-state index contributed by atoms with van der Waals surface area (Å²) < 4.78 is 10.1. The molecule has 0 spiro atoms. The van der Waals surface area contributed by atoms with E-state index in [1.54, 1.807) is 14.0 Å². The Morgan fingerprint density at radius 3 is 2.27 bits per heavy atom. The Bertz CT molecular complexity index is 213. The molecular weight excluding hydrogens is 196 g/mol. The molecule has 0 N–H and O–H groups in total. The first-order valence-electron chi connectivity index (χ1n) is 5.21. The molecular formula is C11H20O4. The van der Waals surface area contributed by atoms with E-state index < -0.39 is 0 Å². The number of hydrogen-bond donors (Lipinski definition) is 0. The fraction of sp³-hybridized carbons (Fsp3) is 0.818. The Balaban J connectivity index is 3.95. The molecule has 0 aromatic heterocycles. The van der Waals surface area contributed by atoms with Crippen LogP contribution in [0.25, 0.3) is 0 Å². The molecule has 0 aromatic carbocycles. The third kappa shape index (κ3) is 7.08. The number of methoxy groups -OCH3 is 1. The molecule has 0 saturated carbocycles. The molecule has 0 aliphatic carbocycles. The van der Waals surface area contributed by atoms with E-state index in [0.717, 1.165) is 0 Å². The Labute approximate surface area is 90.9 Å². The molecule has 0 amide bonds. The van der Waals surface area contributed by atoms with Gasteiger partial charge in [-0.3, -0.25) is 9.59 Å². The van der Waals surface area contributed by atoms with Crippen LogP contribution in [0.15, 0.2) is 0 Å². The van der Waals surface area contributed by atoms with Gasteiger partial charge in [0.1, 0.15) is 11.9 Å². The van der Waals surface area contributed by atoms with E-state index in [0.29, 0.717) is 12.8 Å². The predicted molar refractivity (Wildman–Crippen MR) is 56.6 cm³/mol. The van der Waals surface area contributed by atoms with Crippen LogP contribution in [0, 0.1) is 0 Å². The average Bonchev–Trinajstić information content (AvgIpc) is 2.15. The van der Waals surface area contributed by atoms with E-state index in [-0.39, 0.29) is 30.4 Å². The van der Waals surface area contributed by atoms with Crippen LogP contribution < -0.4 is 0 Å². The summed E-state index contributed by atoms with van der Waals surface area (Å²) in [7, 11) is 1.55. The summed E-state index contributed by atoms with van der Waals surface area (Å²) in [6.07, 6.45) is 0.743. The van der Waals surface area contributed by atoms with Crippen LogP contribution in [0.3, 0.4) is 0 Å². The minimum atomic E-state index is -0.308. The van der Waals surface area contributed by atoms with Crippen LogP contribution in [-0.2, 0) is 19.1 Å². The molecule has 15 heavy (non-hydrogen) atoms. The van der Waals surface area contributed by atoms with Crippen molar-refractivity contribution in [3.05, 3.63) is 0 Å². The second-order valence-corrected chi connectivity index (χ2v) is 3.68. The van der Waals surface area contributed by atoms with Crippen LogP contribution in [0.4, 0.5) is 0 Å². The molecule has 0 aromatic rings. The maximum atomic E-state index is 11.3. The molecule has 0 heterocycles. The molecule has 2 unspecified atom stereocenters. The molecule has 0 fully saturated rings. The molecule has 0 aliphatic rings. The zero-order valence-corrected chi connectivity index (χ0v) is 9.91. The highest BCUT2D eigenvalue weighted by Gasteiger charge is 2.16. The van der Waals surface area contributed by atoms with Crippen molar-refractivity contribution in [2.75, 3.05) is 7.11 Å². The number of carbonyl (C=O) groups excluding carboxylic acids is 2. The lowest BCUT2D eigenvalue weighted by Gasteiger charge is -2.16. The van der Waals surface area contributed by atoms with E-state index in [2.05, 4.69) is 0 Å². The molecule has 88 valence electrons. The van der Waals surface area contributed by atoms with E-state index in [1.807, 2.05) is 6.92 Å². The van der Waals surface area contributed by atoms with E-state index in [1.165, 1.54) is 6.92 Å². The number of ether oxygens (including phenoxy) is 2. The summed E-state index contributed by atoms with van der Waals surface area (Å²) in [5.74, 6) is -0.271. The zero-order valence-electron chi connectivity index (χ0n) is 9.91. The van der Waals surface area contributed by atoms with Gasteiger partial charge in [0.05, 0.1) is 12.5 Å². The van der Waals surface area contributed by atoms with Gasteiger partial charge in [-0.1, -0.05) is 6.92 Å². The number of carbonyl (C=O) groups is 2. The van der Waals surface area contributed by atoms with Gasteiger partial charge in [0.15, 0.2) is 0 Å². The van der Waals surface area contributed by atoms with Gasteiger partial charge in [0.25, 0.3) is 0 Å². The van der Waals surface area contributed by atoms with Gasteiger partial charge in [-0.2, -0.15) is 0 Å². The Morgan fingerprint density at radius 2 is 1.87 bits per heavy atom. The molecule has 0 bridgehead atoms. The first kappa shape index (κ1) is 14.1. The molecule has 0 saturated heterocycles. The monoisotopic (exact) mass is 216 g/mol. The van der Waals surface area contributed by atoms with Crippen LogP contribution in [0.2, 0.25) is 0 Å². The van der Waals surface area contributed by atoms with Crippen LogP contribution >= 0.6 is 0 Å². The lowest BCUT2D eigenvalue weighted by molar-refractivity contribution is -0.152. The Morgan fingerprint density at radius 1 is 1.27 bits per heavy atom. The number of rotatable bonds is 7. The highest BCUT2D eigenvalue weighted by atomic mass is 16.5. The van der Waals surface area contributed by atoms with Crippen molar-refractivity contribution < 1.29 is 19.1 Å². The van der Waals surface area contributed by atoms with Gasteiger partial charge in [0.2, 0.25) is 0 Å². The molecule has 0 radical (unpaired) electrons. The summed E-state index contributed by atoms with van der Waals surface area (Å²) in [6, 6.07) is 0. The van der Waals surface area contributed by atoms with Gasteiger partial charge in [-0.15, -0.1) is 0 Å². The fourth-order valence-electron chi connectivity index (χ4n) is 1.14. The standard InChI is InChI=1S/C11H20O4/c1-5-10(6-8(2)12)15-11(13)7-9(3)14-4/h9-10H,5-7H2,1-4H3. The lowest BCUT2D eigenvalue weighted by Crippen LogP contribution is -2.23. The van der Waals surface area contributed by atoms with Crippen molar-refractivity contribution >= 4 is 11.8 Å². The molecule has 2 atom stereocenters. The smallest absolute Gasteiger partial charge is 0.308 e. The maximum Gasteiger partial charge on any atom is 0.308 e. The number of Topliss-reactive ketones (excluding diaryl/α,β-unsaturated/α-hetero) is 1. The predicted octanol–water partition coefficient (Wildman–Crippen LogP) is 1.71. The normalized spacial score (nSPS) is 14.4. The van der Waals surface area contributed by atoms with Crippen molar-refractivity contribution in [3.63, 3.8) is 0 Å². The van der Waals surface area contributed by atoms with E-state index in [9.17, 15) is 9.59 Å². The van der Waals surface area contributed by atoms with E-state index >= 15 is 0 Å². The van der Waals surface area contributed by atoms with Gasteiger partial charge in [-0.05, 0) is 20.3 Å². The SMILES string of the molecule is CCC(CC(C)=O)OC(=O)CC(C)OC. The average molecular weight is 216 g/mol. The van der Waals surface area contributed by atoms with Gasteiger partial charge in [0, 0.05) is 13.5 Å². The highest BCUT2D eigenvalue weighted by Crippen LogP contribution is 2.07. The first-order valence-corrected chi connectivity index (χ1v) is 5.21. The van der Waals surface area contributed by atoms with Crippen molar-refractivity contribution in [1.82, 2.24) is 0 Å². The molecule has 0 aliphatic heterocycles. The summed E-state index contributed by atoms with van der Waals surface area (Å²) >= 11 is 0. The van der Waals surface area contributed by atoms with Crippen LogP contribution in [0.5, 0.6) is 0 Å². The minimum absolute atomic E-state index is 0.0365. The fourth-order valence-corrected chi connectivity index (χ4v) is 1.14. The second-order valence-electron chi connectivity index (χ2n) is 3.68. The maximum absolute atomic E-state index is 11.3. The summed E-state index contributed by atoms with van der Waals surface area (Å²) in [6.45, 7) is 5.18. The molecule has 0 rings (SSSR count). The van der Waals surface area contributed by atoms with Crippen LogP contribution in [0.1, 0.15) is 40.0 Å². The highest BCUT2D eigenvalue weighted by molar-refractivity contribution is 5.76. The number of hydrogen-bond acceptors (Lipinski definition) is 4. The van der Waals surface area contributed by atoms with Crippen molar-refractivity contribution in [2.45, 2.75) is 52.2 Å². The second kappa shape index (κ2) is 7.40. The Hall–Kier alpha value is -0.900. The van der Waals surface area contributed by atoms with Gasteiger partial charge < -0.3 is 9.47 Å². The third-order valence-corrected chi connectivity index (χ3v) is 2.13. The van der Waals surface area contributed by atoms with E-state index in [4.69, 9.17) is 9.47 Å². The molecule has 4 heteroatoms. The van der Waals surface area contributed by atoms with Crippen molar-refractivity contribution in [2.24, 2.45) is 0 Å². The first-order chi connectivity index (χ1) is 6.99. The largest absolute Gasteiger partial charge is 0.462 e. The van der Waals surface area contributed by atoms with Crippen LogP contribution in [-0.4, -0.2) is 31.1 Å². The lowest BCUT2D eigenvalue weighted by atomic mass is 10.1. The number of ketones is 1. The van der Waals surface area contributed by atoms with Crippen molar-refractivity contribution in [1.29, 1.82) is 0 Å². The quantitative estimate of drug-likeness (QED) is 0.608. The molecule has 4 nitrogen and oxygen atoms in total. The summed E-state index contributed by atoms with van der Waals surface area (Å²) in [5, 5.41) is 0. The summed E-state index contributed by atoms with van der Waals surface area (Å²) in [5.41, 5.74) is 0. The zero-order chi connectivity index (χ0) is 11.8.